The van der Waals surface area contributed by atoms with Crippen molar-refractivity contribution in [2.24, 2.45) is 0 Å². The lowest BCUT2D eigenvalue weighted by molar-refractivity contribution is -0.133. The van der Waals surface area contributed by atoms with E-state index < -0.39 is 0 Å². The molecule has 4 nitrogen and oxygen atoms in total. The molecule has 116 valence electrons. The number of thioether (sulfide) groups is 1. The van der Waals surface area contributed by atoms with E-state index in [4.69, 9.17) is 4.74 Å². The van der Waals surface area contributed by atoms with Crippen molar-refractivity contribution in [1.29, 1.82) is 0 Å². The van der Waals surface area contributed by atoms with Gasteiger partial charge in [0.2, 0.25) is 5.91 Å². The molecule has 0 spiro atoms. The van der Waals surface area contributed by atoms with E-state index in [2.05, 4.69) is 35.8 Å². The van der Waals surface area contributed by atoms with Gasteiger partial charge in [-0.2, -0.15) is 0 Å². The maximum absolute atomic E-state index is 12.4. The van der Waals surface area contributed by atoms with Crippen molar-refractivity contribution >= 4 is 17.7 Å². The Morgan fingerprint density at radius 2 is 2.05 bits per heavy atom. The summed E-state index contributed by atoms with van der Waals surface area (Å²) >= 11 is 1.72. The van der Waals surface area contributed by atoms with Gasteiger partial charge in [0, 0.05) is 11.5 Å². The number of hydrogen-bond acceptors (Lipinski definition) is 4. The monoisotopic (exact) mass is 308 g/mol. The fraction of sp³-hybridized carbons (Fsp3) is 0.562. The average molecular weight is 308 g/mol. The first kappa shape index (κ1) is 16.3. The van der Waals surface area contributed by atoms with Gasteiger partial charge in [-0.3, -0.25) is 10.1 Å². The number of carbonyl (C=O) groups excluding carboxylic acids is 1. The summed E-state index contributed by atoms with van der Waals surface area (Å²) in [7, 11) is 0. The third-order valence-electron chi connectivity index (χ3n) is 3.78. The first-order valence-electron chi connectivity index (χ1n) is 7.38. The van der Waals surface area contributed by atoms with E-state index in [0.29, 0.717) is 13.2 Å². The van der Waals surface area contributed by atoms with Crippen LogP contribution in [0.2, 0.25) is 0 Å². The lowest BCUT2D eigenvalue weighted by Gasteiger charge is -2.30. The summed E-state index contributed by atoms with van der Waals surface area (Å²) in [6.07, 6.45) is 1.99. The molecule has 0 saturated carbocycles. The molecule has 5 heteroatoms. The van der Waals surface area contributed by atoms with Crippen LogP contribution in [0.5, 0.6) is 0 Å². The zero-order chi connectivity index (χ0) is 15.4. The minimum atomic E-state index is -0.153. The molecule has 21 heavy (non-hydrogen) atoms. The lowest BCUT2D eigenvalue weighted by Crippen LogP contribution is -2.41. The molecule has 1 aromatic carbocycles. The number of hydrogen-bond donors (Lipinski definition) is 1. The minimum absolute atomic E-state index is 0.0557. The Kier molecular flexibility index (Phi) is 5.67. The second-order valence-corrected chi connectivity index (χ2v) is 6.20. The van der Waals surface area contributed by atoms with Crippen molar-refractivity contribution in [3.63, 3.8) is 0 Å². The molecule has 1 N–H and O–H groups in total. The van der Waals surface area contributed by atoms with Gasteiger partial charge < -0.3 is 9.64 Å². The summed E-state index contributed by atoms with van der Waals surface area (Å²) in [5, 5.41) is 3.38. The highest BCUT2D eigenvalue weighted by atomic mass is 32.2. The van der Waals surface area contributed by atoms with Crippen molar-refractivity contribution < 1.29 is 9.53 Å². The fourth-order valence-electron chi connectivity index (χ4n) is 2.62. The minimum Gasteiger partial charge on any atom is -0.380 e. The van der Waals surface area contributed by atoms with Crippen molar-refractivity contribution in [1.82, 2.24) is 10.2 Å². The molecule has 1 saturated heterocycles. The average Bonchev–Trinajstić information content (AvgIpc) is 2.80. The smallest absolute Gasteiger partial charge is 0.241 e. The molecule has 0 aromatic heterocycles. The van der Waals surface area contributed by atoms with Gasteiger partial charge in [0.1, 0.15) is 6.17 Å². The maximum Gasteiger partial charge on any atom is 0.241 e. The van der Waals surface area contributed by atoms with Crippen molar-refractivity contribution in [2.45, 2.75) is 43.9 Å². The Balaban J connectivity index is 2.20. The van der Waals surface area contributed by atoms with Gasteiger partial charge in [-0.15, -0.1) is 11.8 Å². The molecule has 1 aromatic rings. The Bertz CT molecular complexity index is 478. The molecule has 0 bridgehead atoms. The molecule has 1 heterocycles. The van der Waals surface area contributed by atoms with Gasteiger partial charge in [-0.1, -0.05) is 12.1 Å². The molecule has 2 rings (SSSR count). The second kappa shape index (κ2) is 7.29. The molecular weight excluding hydrogens is 284 g/mol. The van der Waals surface area contributed by atoms with E-state index >= 15 is 0 Å². The molecule has 1 fully saturated rings. The highest BCUT2D eigenvalue weighted by Gasteiger charge is 2.39. The number of nitrogens with one attached hydrogen (secondary N) is 1. The molecular formula is C16H24N2O2S. The molecule has 3 atom stereocenters. The van der Waals surface area contributed by atoms with Crippen LogP contribution < -0.4 is 5.32 Å². The largest absolute Gasteiger partial charge is 0.380 e. The summed E-state index contributed by atoms with van der Waals surface area (Å²) in [5.74, 6) is 0.140. The highest BCUT2D eigenvalue weighted by Crippen LogP contribution is 2.28. The van der Waals surface area contributed by atoms with E-state index in [-0.39, 0.29) is 24.2 Å². The highest BCUT2D eigenvalue weighted by molar-refractivity contribution is 7.98. The van der Waals surface area contributed by atoms with Gasteiger partial charge in [-0.05, 0) is 44.7 Å². The van der Waals surface area contributed by atoms with Gasteiger partial charge in [-0.25, -0.2) is 0 Å². The number of amides is 1. The van der Waals surface area contributed by atoms with Crippen LogP contribution >= 0.6 is 11.8 Å². The maximum atomic E-state index is 12.4. The van der Waals surface area contributed by atoms with Gasteiger partial charge in [0.05, 0.1) is 18.7 Å². The number of ether oxygens (including phenoxy) is 1. The third kappa shape index (κ3) is 3.59. The fourth-order valence-corrected chi connectivity index (χ4v) is 3.03. The predicted molar refractivity (Wildman–Crippen MR) is 86.4 cm³/mol. The summed E-state index contributed by atoms with van der Waals surface area (Å²) < 4.78 is 5.49. The van der Waals surface area contributed by atoms with Crippen LogP contribution in [-0.4, -0.2) is 42.4 Å². The SMILES string of the molecule is CCOCC(C)N1C(=O)C(C)NC1c1ccc(SC)cc1. The van der Waals surface area contributed by atoms with Crippen LogP contribution in [0.25, 0.3) is 0 Å². The van der Waals surface area contributed by atoms with Crippen LogP contribution in [0.1, 0.15) is 32.5 Å². The predicted octanol–water partition coefficient (Wildman–Crippen LogP) is 2.65. The quantitative estimate of drug-likeness (QED) is 0.820. The van der Waals surface area contributed by atoms with Crippen molar-refractivity contribution in [3.05, 3.63) is 29.8 Å². The number of carbonyl (C=O) groups is 1. The summed E-state index contributed by atoms with van der Waals surface area (Å²) in [4.78, 5) is 15.6. The molecule has 1 amide bonds. The number of rotatable bonds is 6. The summed E-state index contributed by atoms with van der Waals surface area (Å²) in [5.41, 5.74) is 1.12. The molecule has 3 unspecified atom stereocenters. The Morgan fingerprint density at radius 3 is 2.62 bits per heavy atom. The summed E-state index contributed by atoms with van der Waals surface area (Å²) in [6, 6.07) is 8.28. The van der Waals surface area contributed by atoms with Gasteiger partial charge in [0.15, 0.2) is 0 Å². The molecule has 0 radical (unpaired) electrons. The number of nitrogens with zero attached hydrogens (tertiary/aromatic N) is 1. The topological polar surface area (TPSA) is 41.6 Å². The normalized spacial score (nSPS) is 23.6. The van der Waals surface area contributed by atoms with Crippen LogP contribution in [0.4, 0.5) is 0 Å². The molecule has 0 aliphatic carbocycles. The molecule has 1 aliphatic heterocycles. The van der Waals surface area contributed by atoms with Crippen molar-refractivity contribution in [2.75, 3.05) is 19.5 Å². The van der Waals surface area contributed by atoms with E-state index in [1.54, 1.807) is 11.8 Å². The lowest BCUT2D eigenvalue weighted by atomic mass is 10.1. The van der Waals surface area contributed by atoms with Gasteiger partial charge >= 0.3 is 0 Å². The van der Waals surface area contributed by atoms with E-state index in [0.717, 1.165) is 5.56 Å². The van der Waals surface area contributed by atoms with Crippen LogP contribution in [0.3, 0.4) is 0 Å². The standard InChI is InChI=1S/C16H24N2O2S/c1-5-20-10-11(2)18-15(17-12(3)16(18)19)13-6-8-14(21-4)9-7-13/h6-9,11-12,15,17H,5,10H2,1-4H3. The van der Waals surface area contributed by atoms with Crippen LogP contribution in [0, 0.1) is 0 Å². The third-order valence-corrected chi connectivity index (χ3v) is 4.52. The Morgan fingerprint density at radius 1 is 1.38 bits per heavy atom. The zero-order valence-electron chi connectivity index (χ0n) is 13.1. The number of benzene rings is 1. The zero-order valence-corrected chi connectivity index (χ0v) is 13.9. The Labute approximate surface area is 131 Å². The summed E-state index contributed by atoms with van der Waals surface area (Å²) in [6.45, 7) is 7.16. The van der Waals surface area contributed by atoms with Gasteiger partial charge in [0.25, 0.3) is 0 Å². The van der Waals surface area contributed by atoms with E-state index in [9.17, 15) is 4.79 Å². The van der Waals surface area contributed by atoms with E-state index in [1.165, 1.54) is 4.90 Å². The van der Waals surface area contributed by atoms with Crippen LogP contribution in [-0.2, 0) is 9.53 Å². The van der Waals surface area contributed by atoms with Crippen LogP contribution in [0.15, 0.2) is 29.2 Å². The Hall–Kier alpha value is -1.04. The van der Waals surface area contributed by atoms with E-state index in [1.807, 2.05) is 25.7 Å². The first-order valence-corrected chi connectivity index (χ1v) is 8.60. The molecule has 1 aliphatic rings. The van der Waals surface area contributed by atoms with Crippen molar-refractivity contribution in [3.8, 4) is 0 Å². The second-order valence-electron chi connectivity index (χ2n) is 5.32. The first-order chi connectivity index (χ1) is 10.1.